The predicted octanol–water partition coefficient (Wildman–Crippen LogP) is 2.74. The van der Waals surface area contributed by atoms with Gasteiger partial charge < -0.3 is 5.11 Å². The predicted molar refractivity (Wildman–Crippen MR) is 60.6 cm³/mol. The van der Waals surface area contributed by atoms with Crippen LogP contribution in [0, 0.1) is 5.41 Å². The number of hydrogen-bond donors (Lipinski definition) is 1. The number of alkyl halides is 2. The largest absolute Gasteiger partial charge is 0.476 e. The molecule has 0 aliphatic heterocycles. The monoisotopic (exact) mass is 261 g/mol. The van der Waals surface area contributed by atoms with Gasteiger partial charge in [-0.05, 0) is 18.3 Å². The Balaban J connectivity index is 2.80. The van der Waals surface area contributed by atoms with Crippen LogP contribution in [0.1, 0.15) is 56.2 Å². The van der Waals surface area contributed by atoms with Crippen LogP contribution >= 0.6 is 0 Å². The molecule has 1 rings (SSSR count). The topological polar surface area (TPSA) is 68.0 Å². The molecule has 1 N–H and O–H groups in total. The first-order valence-electron chi connectivity index (χ1n) is 5.67. The first-order valence-corrected chi connectivity index (χ1v) is 5.67. The van der Waals surface area contributed by atoms with Gasteiger partial charge in [-0.1, -0.05) is 26.0 Å². The van der Waals surface area contributed by atoms with Crippen molar-refractivity contribution in [3.05, 3.63) is 11.4 Å². The number of hydrogen-bond acceptors (Lipinski definition) is 3. The van der Waals surface area contributed by atoms with E-state index in [1.807, 2.05) is 20.8 Å². The first-order chi connectivity index (χ1) is 8.22. The number of carboxylic acids is 1. The summed E-state index contributed by atoms with van der Waals surface area (Å²) in [5.41, 5.74) is -1.18. The summed E-state index contributed by atoms with van der Waals surface area (Å²) in [6, 6.07) is 0. The Bertz CT molecular complexity index is 424. The minimum Gasteiger partial charge on any atom is -0.476 e. The summed E-state index contributed by atoms with van der Waals surface area (Å²) in [6.45, 7) is 6.39. The first kappa shape index (κ1) is 14.5. The minimum atomic E-state index is -2.89. The number of aromatic nitrogens is 3. The smallest absolute Gasteiger partial charge is 0.358 e. The maximum absolute atomic E-state index is 12.8. The van der Waals surface area contributed by atoms with E-state index in [-0.39, 0.29) is 12.0 Å². The highest BCUT2D eigenvalue weighted by Gasteiger charge is 2.26. The minimum absolute atomic E-state index is 0.0984. The van der Waals surface area contributed by atoms with Crippen LogP contribution in [0.25, 0.3) is 0 Å². The molecule has 0 aromatic carbocycles. The van der Waals surface area contributed by atoms with E-state index >= 15 is 0 Å². The zero-order chi connectivity index (χ0) is 13.9. The molecular weight excluding hydrogens is 244 g/mol. The lowest BCUT2D eigenvalue weighted by Gasteiger charge is -2.17. The van der Waals surface area contributed by atoms with Crippen LogP contribution < -0.4 is 0 Å². The van der Waals surface area contributed by atoms with Crippen LogP contribution in [-0.2, 0) is 6.54 Å². The molecule has 0 radical (unpaired) electrons. The van der Waals surface area contributed by atoms with Crippen LogP contribution in [0.15, 0.2) is 0 Å². The SMILES string of the molecule is CC(C)(C)CCCn1nnc(C(=O)O)c1C(F)F. The third-order valence-corrected chi connectivity index (χ3v) is 2.48. The summed E-state index contributed by atoms with van der Waals surface area (Å²) in [7, 11) is 0. The van der Waals surface area contributed by atoms with Crippen molar-refractivity contribution in [1.82, 2.24) is 15.0 Å². The van der Waals surface area contributed by atoms with Gasteiger partial charge in [0.2, 0.25) is 0 Å². The van der Waals surface area contributed by atoms with Gasteiger partial charge in [-0.3, -0.25) is 0 Å². The summed E-state index contributed by atoms with van der Waals surface area (Å²) in [5.74, 6) is -1.48. The number of halogens is 2. The number of aromatic carboxylic acids is 1. The van der Waals surface area contributed by atoms with E-state index in [4.69, 9.17) is 5.11 Å². The van der Waals surface area contributed by atoms with Gasteiger partial charge in [-0.15, -0.1) is 5.10 Å². The van der Waals surface area contributed by atoms with Gasteiger partial charge in [-0.25, -0.2) is 18.3 Å². The molecule has 7 heteroatoms. The van der Waals surface area contributed by atoms with Crippen LogP contribution in [-0.4, -0.2) is 26.1 Å². The molecule has 0 aliphatic carbocycles. The Morgan fingerprint density at radius 3 is 2.50 bits per heavy atom. The molecular formula is C11H17F2N3O2. The summed E-state index contributed by atoms with van der Waals surface area (Å²) >= 11 is 0. The fourth-order valence-electron chi connectivity index (χ4n) is 1.61. The number of carbonyl (C=O) groups is 1. The molecule has 0 saturated carbocycles. The zero-order valence-corrected chi connectivity index (χ0v) is 10.7. The molecule has 0 amide bonds. The van der Waals surface area contributed by atoms with Gasteiger partial charge in [0.25, 0.3) is 6.43 Å². The molecule has 1 aromatic rings. The fraction of sp³-hybridized carbons (Fsp3) is 0.727. The van der Waals surface area contributed by atoms with E-state index in [2.05, 4.69) is 10.3 Å². The Hall–Kier alpha value is -1.53. The summed E-state index contributed by atoms with van der Waals surface area (Å²) < 4.78 is 26.5. The van der Waals surface area contributed by atoms with Crippen LogP contribution in [0.3, 0.4) is 0 Å². The van der Waals surface area contributed by atoms with E-state index in [1.165, 1.54) is 0 Å². The number of rotatable bonds is 5. The standard InChI is InChI=1S/C11H17F2N3O2/c1-11(2,3)5-4-6-16-8(9(12)13)7(10(17)18)14-15-16/h9H,4-6H2,1-3H3,(H,17,18). The van der Waals surface area contributed by atoms with Crippen molar-refractivity contribution in [1.29, 1.82) is 0 Å². The maximum Gasteiger partial charge on any atom is 0.358 e. The van der Waals surface area contributed by atoms with Crippen molar-refractivity contribution in [2.45, 2.75) is 46.6 Å². The molecule has 0 spiro atoms. The van der Waals surface area contributed by atoms with Gasteiger partial charge in [-0.2, -0.15) is 0 Å². The van der Waals surface area contributed by atoms with Crippen LogP contribution in [0.4, 0.5) is 8.78 Å². The van der Waals surface area contributed by atoms with Crippen molar-refractivity contribution < 1.29 is 18.7 Å². The third-order valence-electron chi connectivity index (χ3n) is 2.48. The Morgan fingerprint density at radius 2 is 2.06 bits per heavy atom. The van der Waals surface area contributed by atoms with Crippen molar-refractivity contribution in [3.63, 3.8) is 0 Å². The summed E-state index contributed by atoms with van der Waals surface area (Å²) in [6.07, 6.45) is -1.41. The fourth-order valence-corrected chi connectivity index (χ4v) is 1.61. The lowest BCUT2D eigenvalue weighted by atomic mass is 9.91. The lowest BCUT2D eigenvalue weighted by molar-refractivity contribution is 0.0675. The van der Waals surface area contributed by atoms with Gasteiger partial charge in [0.05, 0.1) is 0 Å². The number of nitrogens with zero attached hydrogens (tertiary/aromatic N) is 3. The molecule has 5 nitrogen and oxygen atoms in total. The van der Waals surface area contributed by atoms with E-state index in [0.29, 0.717) is 6.42 Å². The van der Waals surface area contributed by atoms with Gasteiger partial charge in [0.15, 0.2) is 5.69 Å². The second-order valence-corrected chi connectivity index (χ2v) is 5.32. The molecule has 0 atom stereocenters. The highest BCUT2D eigenvalue weighted by Crippen LogP contribution is 2.24. The van der Waals surface area contributed by atoms with Crippen molar-refractivity contribution >= 4 is 5.97 Å². The highest BCUT2D eigenvalue weighted by atomic mass is 19.3. The summed E-state index contributed by atoms with van der Waals surface area (Å²) in [4.78, 5) is 10.7. The second-order valence-electron chi connectivity index (χ2n) is 5.32. The second kappa shape index (κ2) is 5.41. The Labute approximate surface area is 104 Å². The molecule has 0 bridgehead atoms. The molecule has 0 saturated heterocycles. The Morgan fingerprint density at radius 1 is 1.44 bits per heavy atom. The Kier molecular flexibility index (Phi) is 4.37. The molecule has 102 valence electrons. The lowest BCUT2D eigenvalue weighted by Crippen LogP contribution is -2.12. The van der Waals surface area contributed by atoms with E-state index in [1.54, 1.807) is 0 Å². The molecule has 0 unspecified atom stereocenters. The molecule has 0 aliphatic rings. The average molecular weight is 261 g/mol. The summed E-state index contributed by atoms with van der Waals surface area (Å²) in [5, 5.41) is 15.5. The van der Waals surface area contributed by atoms with E-state index < -0.39 is 23.8 Å². The number of aryl methyl sites for hydroxylation is 1. The van der Waals surface area contributed by atoms with Crippen LogP contribution in [0.5, 0.6) is 0 Å². The van der Waals surface area contributed by atoms with Crippen molar-refractivity contribution in [3.8, 4) is 0 Å². The van der Waals surface area contributed by atoms with Crippen molar-refractivity contribution in [2.75, 3.05) is 0 Å². The molecule has 0 fully saturated rings. The molecule has 1 aromatic heterocycles. The van der Waals surface area contributed by atoms with E-state index in [9.17, 15) is 13.6 Å². The third kappa shape index (κ3) is 3.75. The maximum atomic E-state index is 12.8. The number of carboxylic acid groups (broad SMARTS) is 1. The normalized spacial score (nSPS) is 12.1. The van der Waals surface area contributed by atoms with Gasteiger partial charge in [0.1, 0.15) is 5.69 Å². The molecule has 18 heavy (non-hydrogen) atoms. The van der Waals surface area contributed by atoms with E-state index in [0.717, 1.165) is 11.1 Å². The average Bonchev–Trinajstić information content (AvgIpc) is 2.59. The highest BCUT2D eigenvalue weighted by molar-refractivity contribution is 5.86. The molecule has 1 heterocycles. The zero-order valence-electron chi connectivity index (χ0n) is 10.7. The van der Waals surface area contributed by atoms with Gasteiger partial charge >= 0.3 is 5.97 Å². The van der Waals surface area contributed by atoms with Crippen LogP contribution in [0.2, 0.25) is 0 Å². The quantitative estimate of drug-likeness (QED) is 0.884. The van der Waals surface area contributed by atoms with Gasteiger partial charge in [0, 0.05) is 6.54 Å². The van der Waals surface area contributed by atoms with Crippen molar-refractivity contribution in [2.24, 2.45) is 5.41 Å².